The maximum atomic E-state index is 13.5. The maximum absolute atomic E-state index is 13.5. The Balaban J connectivity index is 2.57. The highest BCUT2D eigenvalue weighted by Gasteiger charge is 2.47. The van der Waals surface area contributed by atoms with Gasteiger partial charge < -0.3 is 45.1 Å². The van der Waals surface area contributed by atoms with Crippen molar-refractivity contribution in [2.24, 2.45) is 0 Å². The molecule has 1 saturated heterocycles. The zero-order chi connectivity index (χ0) is 66.0. The van der Waals surface area contributed by atoms with Gasteiger partial charge in [0.05, 0.1) is 25.4 Å². The van der Waals surface area contributed by atoms with Crippen LogP contribution in [0.2, 0.25) is 0 Å². The number of esters is 1. The number of rotatable bonds is 63. The topological polar surface area (TPSA) is 175 Å². The third kappa shape index (κ3) is 53.1. The first kappa shape index (κ1) is 85.1. The van der Waals surface area contributed by atoms with Gasteiger partial charge in [-0.2, -0.15) is 0 Å². The Hall–Kier alpha value is -3.94. The molecule has 1 fully saturated rings. The summed E-state index contributed by atoms with van der Waals surface area (Å²) < 4.78 is 17.7. The van der Waals surface area contributed by atoms with Crippen LogP contribution in [-0.4, -0.2) is 99.6 Å². The van der Waals surface area contributed by atoms with Crippen LogP contribution in [0.15, 0.2) is 122 Å². The van der Waals surface area contributed by atoms with Gasteiger partial charge in [0.1, 0.15) is 24.4 Å². The van der Waals surface area contributed by atoms with E-state index in [1.165, 1.54) is 128 Å². The molecule has 522 valence electrons. The lowest BCUT2D eigenvalue weighted by Gasteiger charge is -2.41. The van der Waals surface area contributed by atoms with E-state index in [0.29, 0.717) is 12.8 Å². The van der Waals surface area contributed by atoms with Gasteiger partial charge >= 0.3 is 5.97 Å². The van der Waals surface area contributed by atoms with Gasteiger partial charge in [0.25, 0.3) is 0 Å². The number of aliphatic hydroxyl groups is 5. The highest BCUT2D eigenvalue weighted by molar-refractivity contribution is 5.80. The number of carbonyl (C=O) groups is 2. The lowest BCUT2D eigenvalue weighted by Crippen LogP contribution is -2.61. The van der Waals surface area contributed by atoms with Crippen molar-refractivity contribution in [1.29, 1.82) is 0 Å². The standard InChI is InChI=1S/C80H137NO10/c1-4-7-10-13-16-19-22-25-27-29-31-33-35-36-37-38-39-41-43-45-47-50-53-56-59-62-65-68-75(85)91-78-77(87)76(86)74(69-82)90-80(78)89-70-71(72(83)66-63-60-57-54-51-48-24-21-18-15-12-9-6-3)81-79(88)73(84)67-64-61-58-55-52-49-46-44-42-40-34-32-30-28-26-23-20-17-14-11-8-5-2/h7,10,16-17,19-20,25-28,31-34,36-37,42,44,63,66,71-74,76-78,80,82-84,86-87H,4-6,8-9,11-15,18,21-24,29-30,35,38-41,43,45-62,64-65,67-70H2,1-3H3,(H,81,88)/b10-7-,19-16-,20-17-,27-25-,28-26-,33-31-,34-32-,37-36-,44-42-,66-63+. The van der Waals surface area contributed by atoms with Crippen LogP contribution in [0, 0.1) is 0 Å². The molecule has 8 atom stereocenters. The van der Waals surface area contributed by atoms with E-state index in [-0.39, 0.29) is 19.4 Å². The molecule has 0 saturated carbocycles. The quantitative estimate of drug-likeness (QED) is 0.0195. The van der Waals surface area contributed by atoms with Gasteiger partial charge in [-0.3, -0.25) is 9.59 Å². The van der Waals surface area contributed by atoms with Gasteiger partial charge in [0.15, 0.2) is 12.4 Å². The highest BCUT2D eigenvalue weighted by atomic mass is 16.7. The van der Waals surface area contributed by atoms with Crippen LogP contribution in [0.25, 0.3) is 0 Å². The Morgan fingerprint density at radius 3 is 1.21 bits per heavy atom. The van der Waals surface area contributed by atoms with Crippen LogP contribution >= 0.6 is 0 Å². The smallest absolute Gasteiger partial charge is 0.306 e. The zero-order valence-corrected chi connectivity index (χ0v) is 58.2. The van der Waals surface area contributed by atoms with E-state index in [1.54, 1.807) is 6.08 Å². The van der Waals surface area contributed by atoms with Gasteiger partial charge in [-0.05, 0) is 116 Å². The monoisotopic (exact) mass is 1270 g/mol. The van der Waals surface area contributed by atoms with Crippen molar-refractivity contribution in [3.63, 3.8) is 0 Å². The normalized spacial score (nSPS) is 18.7. The largest absolute Gasteiger partial charge is 0.454 e. The summed E-state index contributed by atoms with van der Waals surface area (Å²) in [6.07, 6.45) is 82.3. The minimum absolute atomic E-state index is 0.112. The number of amides is 1. The van der Waals surface area contributed by atoms with E-state index >= 15 is 0 Å². The molecule has 0 aromatic rings. The van der Waals surface area contributed by atoms with Gasteiger partial charge in [0, 0.05) is 6.42 Å². The fraction of sp³-hybridized carbons (Fsp3) is 0.725. The van der Waals surface area contributed by atoms with Gasteiger partial charge in [-0.15, -0.1) is 0 Å². The summed E-state index contributed by atoms with van der Waals surface area (Å²) in [4.78, 5) is 26.7. The summed E-state index contributed by atoms with van der Waals surface area (Å²) in [5, 5.41) is 57.4. The maximum Gasteiger partial charge on any atom is 0.306 e. The molecule has 0 spiro atoms. The molecule has 0 bridgehead atoms. The average molecular weight is 1270 g/mol. The molecule has 0 aromatic heterocycles. The predicted molar refractivity (Wildman–Crippen MR) is 384 cm³/mol. The number of allylic oxidation sites excluding steroid dienone is 19. The molecular weight excluding hydrogens is 1130 g/mol. The molecular formula is C80H137NO10. The molecule has 1 heterocycles. The molecule has 6 N–H and O–H groups in total. The van der Waals surface area contributed by atoms with E-state index < -0.39 is 67.4 Å². The number of unbranched alkanes of at least 4 members (excludes halogenated alkanes) is 31. The molecule has 0 radical (unpaired) electrons. The number of nitrogens with one attached hydrogen (secondary N) is 1. The minimum Gasteiger partial charge on any atom is -0.454 e. The summed E-state index contributed by atoms with van der Waals surface area (Å²) in [6, 6.07) is -1.04. The number of hydrogen-bond donors (Lipinski definition) is 6. The Labute approximate surface area is 557 Å². The Bertz CT molecular complexity index is 1950. The van der Waals surface area contributed by atoms with Crippen molar-refractivity contribution in [1.82, 2.24) is 5.32 Å². The third-order valence-corrected chi connectivity index (χ3v) is 16.8. The lowest BCUT2D eigenvalue weighted by molar-refractivity contribution is -0.305. The summed E-state index contributed by atoms with van der Waals surface area (Å²) in [7, 11) is 0. The molecule has 1 amide bonds. The lowest BCUT2D eigenvalue weighted by atomic mass is 9.99. The summed E-state index contributed by atoms with van der Waals surface area (Å²) in [5.41, 5.74) is 0. The molecule has 1 aliphatic heterocycles. The van der Waals surface area contributed by atoms with Gasteiger partial charge in [-0.1, -0.05) is 309 Å². The minimum atomic E-state index is -1.63. The molecule has 0 aliphatic carbocycles. The van der Waals surface area contributed by atoms with E-state index in [2.05, 4.69) is 135 Å². The molecule has 1 aliphatic rings. The van der Waals surface area contributed by atoms with Crippen LogP contribution in [0.1, 0.15) is 310 Å². The second-order valence-corrected chi connectivity index (χ2v) is 25.3. The van der Waals surface area contributed by atoms with Crippen molar-refractivity contribution >= 4 is 11.9 Å². The van der Waals surface area contributed by atoms with Crippen molar-refractivity contribution in [3.8, 4) is 0 Å². The Kier molecular flexibility index (Phi) is 61.8. The fourth-order valence-corrected chi connectivity index (χ4v) is 11.0. The Morgan fingerprint density at radius 1 is 0.440 bits per heavy atom. The molecule has 11 nitrogen and oxygen atoms in total. The molecule has 91 heavy (non-hydrogen) atoms. The highest BCUT2D eigenvalue weighted by Crippen LogP contribution is 2.26. The number of ether oxygens (including phenoxy) is 3. The number of carbonyl (C=O) groups excluding carboxylic acids is 2. The summed E-state index contributed by atoms with van der Waals surface area (Å²) in [6.45, 7) is 5.67. The van der Waals surface area contributed by atoms with Crippen molar-refractivity contribution in [3.05, 3.63) is 122 Å². The van der Waals surface area contributed by atoms with Crippen LogP contribution in [-0.2, 0) is 23.8 Å². The SMILES string of the molecule is CC/C=C\C/C=C\C/C=C\C/C=C\C/C=C\CCCCCCCCCCCCCC(=O)OC1C(OCC(NC(=O)C(O)CCCCCCCC/C=C\C/C=C\C/C=C\C/C=C\CCCCC)C(O)/C=C/CCCCCCCCCCCCC)OC(CO)C(O)C1O. The molecule has 1 rings (SSSR count). The number of hydrogen-bond acceptors (Lipinski definition) is 10. The summed E-state index contributed by atoms with van der Waals surface area (Å²) in [5.74, 6) is -1.21. The molecule has 8 unspecified atom stereocenters. The van der Waals surface area contributed by atoms with E-state index in [1.807, 2.05) is 6.08 Å². The van der Waals surface area contributed by atoms with Crippen molar-refractivity contribution in [2.75, 3.05) is 13.2 Å². The van der Waals surface area contributed by atoms with Crippen LogP contribution < -0.4 is 5.32 Å². The zero-order valence-electron chi connectivity index (χ0n) is 58.2. The Morgan fingerprint density at radius 2 is 0.791 bits per heavy atom. The average Bonchev–Trinajstić information content (AvgIpc) is 1.11. The first-order valence-corrected chi connectivity index (χ1v) is 37.3. The first-order chi connectivity index (χ1) is 44.7. The summed E-state index contributed by atoms with van der Waals surface area (Å²) >= 11 is 0. The first-order valence-electron chi connectivity index (χ1n) is 37.3. The van der Waals surface area contributed by atoms with Crippen molar-refractivity contribution < 1.29 is 49.3 Å². The number of aliphatic hydroxyl groups excluding tert-OH is 5. The fourth-order valence-electron chi connectivity index (χ4n) is 11.0. The molecule has 11 heteroatoms. The van der Waals surface area contributed by atoms with Crippen LogP contribution in [0.3, 0.4) is 0 Å². The van der Waals surface area contributed by atoms with Gasteiger partial charge in [-0.25, -0.2) is 0 Å². The van der Waals surface area contributed by atoms with E-state index in [4.69, 9.17) is 14.2 Å². The second kappa shape index (κ2) is 66.1. The van der Waals surface area contributed by atoms with Crippen molar-refractivity contribution in [2.45, 2.75) is 359 Å². The van der Waals surface area contributed by atoms with E-state index in [9.17, 15) is 35.1 Å². The second-order valence-electron chi connectivity index (χ2n) is 25.3. The molecule has 0 aromatic carbocycles. The van der Waals surface area contributed by atoms with E-state index in [0.717, 1.165) is 135 Å². The van der Waals surface area contributed by atoms with Crippen LogP contribution in [0.5, 0.6) is 0 Å². The van der Waals surface area contributed by atoms with Crippen LogP contribution in [0.4, 0.5) is 0 Å². The third-order valence-electron chi connectivity index (χ3n) is 16.8. The van der Waals surface area contributed by atoms with Gasteiger partial charge in [0.2, 0.25) is 5.91 Å². The predicted octanol–water partition coefficient (Wildman–Crippen LogP) is 19.7.